The Bertz CT molecular complexity index is 731. The lowest BCUT2D eigenvalue weighted by molar-refractivity contribution is 0.0934. The Hall–Kier alpha value is -1.44. The first kappa shape index (κ1) is 22.8. The van der Waals surface area contributed by atoms with Crippen LogP contribution in [0.25, 0.3) is 0 Å². The van der Waals surface area contributed by atoms with Gasteiger partial charge in [0.1, 0.15) is 0 Å². The van der Waals surface area contributed by atoms with Crippen LogP contribution in [0.15, 0.2) is 29.2 Å². The summed E-state index contributed by atoms with van der Waals surface area (Å²) in [4.78, 5) is 14.8. The molecule has 1 aromatic rings. The Morgan fingerprint density at radius 1 is 1.07 bits per heavy atom. The normalized spacial score (nSPS) is 17.3. The van der Waals surface area contributed by atoms with E-state index in [1.54, 1.807) is 19.2 Å². The fourth-order valence-electron chi connectivity index (χ4n) is 3.90. The van der Waals surface area contributed by atoms with Gasteiger partial charge in [-0.2, -0.15) is 4.31 Å². The van der Waals surface area contributed by atoms with Crippen LogP contribution in [0.3, 0.4) is 0 Å². The molecule has 1 atom stereocenters. The summed E-state index contributed by atoms with van der Waals surface area (Å²) in [6, 6.07) is 6.58. The molecule has 1 fully saturated rings. The highest BCUT2D eigenvalue weighted by molar-refractivity contribution is 7.89. The van der Waals surface area contributed by atoms with Gasteiger partial charge in [-0.15, -0.1) is 0 Å². The van der Waals surface area contributed by atoms with Crippen LogP contribution in [-0.4, -0.2) is 63.3 Å². The molecule has 0 spiro atoms. The molecule has 0 aliphatic heterocycles. The fraction of sp³-hybridized carbons (Fsp3) is 0.667. The van der Waals surface area contributed by atoms with E-state index in [2.05, 4.69) is 24.1 Å². The molecule has 0 saturated heterocycles. The van der Waals surface area contributed by atoms with Crippen molar-refractivity contribution in [1.82, 2.24) is 14.5 Å². The fourth-order valence-corrected chi connectivity index (χ4v) is 5.32. The number of likely N-dealkylation sites (N-methyl/N-ethyl adjacent to an activating group) is 1. The summed E-state index contributed by atoms with van der Waals surface area (Å²) in [5.41, 5.74) is 0.473. The molecular weight excluding hydrogens is 374 g/mol. The summed E-state index contributed by atoms with van der Waals surface area (Å²) in [5.74, 6) is 0.232. The Labute approximate surface area is 170 Å². The number of sulfonamides is 1. The number of carbonyl (C=O) groups is 1. The maximum absolute atomic E-state index is 12.9. The topological polar surface area (TPSA) is 69.7 Å². The standard InChI is InChI=1S/C21H35N3O3S/c1-16(2)20(23(3)4)15-22-21(25)17-11-13-19(14-12-17)28(26,27)24(5)18-9-7-6-8-10-18/h11-14,16,18,20H,6-10,15H2,1-5H3,(H,22,25). The minimum absolute atomic E-state index is 0.0701. The molecule has 0 radical (unpaired) electrons. The molecule has 1 amide bonds. The van der Waals surface area contributed by atoms with Gasteiger partial charge >= 0.3 is 0 Å². The molecule has 1 aliphatic carbocycles. The highest BCUT2D eigenvalue weighted by Crippen LogP contribution is 2.26. The van der Waals surface area contributed by atoms with Crippen molar-refractivity contribution >= 4 is 15.9 Å². The number of benzene rings is 1. The van der Waals surface area contributed by atoms with Gasteiger partial charge in [0.05, 0.1) is 4.90 Å². The number of nitrogens with one attached hydrogen (secondary N) is 1. The van der Waals surface area contributed by atoms with E-state index in [4.69, 9.17) is 0 Å². The van der Waals surface area contributed by atoms with Crippen molar-refractivity contribution in [2.75, 3.05) is 27.7 Å². The van der Waals surface area contributed by atoms with Crippen LogP contribution in [0, 0.1) is 5.92 Å². The lowest BCUT2D eigenvalue weighted by atomic mass is 9.96. The largest absolute Gasteiger partial charge is 0.350 e. The summed E-state index contributed by atoms with van der Waals surface area (Å²) in [6.45, 7) is 4.80. The third-order valence-corrected chi connectivity index (χ3v) is 7.71. The van der Waals surface area contributed by atoms with Gasteiger partial charge in [-0.25, -0.2) is 8.42 Å². The number of amides is 1. The molecule has 0 aromatic heterocycles. The van der Waals surface area contributed by atoms with E-state index in [0.717, 1.165) is 25.7 Å². The molecule has 1 N–H and O–H groups in total. The average molecular weight is 410 g/mol. The second-order valence-electron chi connectivity index (χ2n) is 8.32. The molecule has 7 heteroatoms. The van der Waals surface area contributed by atoms with E-state index in [1.807, 2.05) is 14.1 Å². The maximum Gasteiger partial charge on any atom is 0.251 e. The number of carbonyl (C=O) groups excluding carboxylic acids is 1. The van der Waals surface area contributed by atoms with Crippen LogP contribution in [0.2, 0.25) is 0 Å². The Morgan fingerprint density at radius 2 is 1.64 bits per heavy atom. The van der Waals surface area contributed by atoms with Crippen LogP contribution in [-0.2, 0) is 10.0 Å². The summed E-state index contributed by atoms with van der Waals surface area (Å²) in [5, 5.41) is 2.95. The monoisotopic (exact) mass is 409 g/mol. The van der Waals surface area contributed by atoms with Crippen LogP contribution in [0.1, 0.15) is 56.3 Å². The minimum Gasteiger partial charge on any atom is -0.350 e. The molecular formula is C21H35N3O3S. The van der Waals surface area contributed by atoms with E-state index >= 15 is 0 Å². The van der Waals surface area contributed by atoms with Crippen molar-refractivity contribution in [2.24, 2.45) is 5.92 Å². The SMILES string of the molecule is CC(C)C(CNC(=O)c1ccc(S(=O)(=O)N(C)C2CCCCC2)cc1)N(C)C. The molecule has 1 saturated carbocycles. The van der Waals surface area contributed by atoms with Crippen LogP contribution in [0.4, 0.5) is 0 Å². The van der Waals surface area contributed by atoms with Crippen molar-refractivity contribution in [3.05, 3.63) is 29.8 Å². The van der Waals surface area contributed by atoms with Crippen molar-refractivity contribution in [3.8, 4) is 0 Å². The van der Waals surface area contributed by atoms with Crippen LogP contribution >= 0.6 is 0 Å². The first-order valence-electron chi connectivity index (χ1n) is 10.2. The maximum atomic E-state index is 12.9. The van der Waals surface area contributed by atoms with E-state index in [-0.39, 0.29) is 22.9 Å². The molecule has 2 rings (SSSR count). The van der Waals surface area contributed by atoms with Gasteiger partial charge in [0.2, 0.25) is 10.0 Å². The van der Waals surface area contributed by atoms with Gasteiger partial charge < -0.3 is 10.2 Å². The first-order valence-corrected chi connectivity index (χ1v) is 11.6. The third kappa shape index (κ3) is 5.55. The zero-order chi connectivity index (χ0) is 20.9. The van der Waals surface area contributed by atoms with Crippen molar-refractivity contribution < 1.29 is 13.2 Å². The number of nitrogens with zero attached hydrogens (tertiary/aromatic N) is 2. The first-order chi connectivity index (χ1) is 13.1. The summed E-state index contributed by atoms with van der Waals surface area (Å²) < 4.78 is 27.3. The lowest BCUT2D eigenvalue weighted by Gasteiger charge is -2.30. The van der Waals surface area contributed by atoms with Crippen molar-refractivity contribution in [1.29, 1.82) is 0 Å². The molecule has 0 heterocycles. The number of hydrogen-bond acceptors (Lipinski definition) is 4. The van der Waals surface area contributed by atoms with Crippen molar-refractivity contribution in [2.45, 2.75) is 62.9 Å². The molecule has 1 aromatic carbocycles. The zero-order valence-electron chi connectivity index (χ0n) is 17.8. The average Bonchev–Trinajstić information content (AvgIpc) is 2.67. The van der Waals surface area contributed by atoms with Gasteiger partial charge in [-0.3, -0.25) is 4.79 Å². The van der Waals surface area contributed by atoms with E-state index in [9.17, 15) is 13.2 Å². The van der Waals surface area contributed by atoms with Crippen LogP contribution < -0.4 is 5.32 Å². The summed E-state index contributed by atoms with van der Waals surface area (Å²) >= 11 is 0. The molecule has 28 heavy (non-hydrogen) atoms. The zero-order valence-corrected chi connectivity index (χ0v) is 18.6. The molecule has 158 valence electrons. The van der Waals surface area contributed by atoms with E-state index in [0.29, 0.717) is 18.0 Å². The molecule has 1 unspecified atom stereocenters. The second-order valence-corrected chi connectivity index (χ2v) is 10.3. The molecule has 1 aliphatic rings. The smallest absolute Gasteiger partial charge is 0.251 e. The summed E-state index contributed by atoms with van der Waals surface area (Å²) in [7, 11) is 2.13. The predicted molar refractivity (Wildman–Crippen MR) is 113 cm³/mol. The molecule has 0 bridgehead atoms. The molecule has 6 nitrogen and oxygen atoms in total. The van der Waals surface area contributed by atoms with Gasteiger partial charge in [0.25, 0.3) is 5.91 Å². The lowest BCUT2D eigenvalue weighted by Crippen LogP contribution is -2.43. The second kappa shape index (κ2) is 9.85. The third-order valence-electron chi connectivity index (χ3n) is 5.79. The summed E-state index contributed by atoms with van der Waals surface area (Å²) in [6.07, 6.45) is 5.17. The Kier molecular flexibility index (Phi) is 8.04. The number of hydrogen-bond donors (Lipinski definition) is 1. The van der Waals surface area contributed by atoms with Gasteiger partial charge in [-0.1, -0.05) is 33.1 Å². The van der Waals surface area contributed by atoms with E-state index < -0.39 is 10.0 Å². The van der Waals surface area contributed by atoms with E-state index in [1.165, 1.54) is 22.9 Å². The Morgan fingerprint density at radius 3 is 2.14 bits per heavy atom. The van der Waals surface area contributed by atoms with Crippen LogP contribution in [0.5, 0.6) is 0 Å². The predicted octanol–water partition coefficient (Wildman–Crippen LogP) is 2.96. The quantitative estimate of drug-likeness (QED) is 0.717. The number of rotatable bonds is 8. The highest BCUT2D eigenvalue weighted by atomic mass is 32.2. The minimum atomic E-state index is -3.53. The van der Waals surface area contributed by atoms with Gasteiger partial charge in [0.15, 0.2) is 0 Å². The van der Waals surface area contributed by atoms with Gasteiger partial charge in [-0.05, 0) is 57.1 Å². The highest BCUT2D eigenvalue weighted by Gasteiger charge is 2.29. The van der Waals surface area contributed by atoms with Gasteiger partial charge in [0, 0.05) is 31.2 Å². The van der Waals surface area contributed by atoms with Crippen molar-refractivity contribution in [3.63, 3.8) is 0 Å². The Balaban J connectivity index is 2.04.